The van der Waals surface area contributed by atoms with Crippen LogP contribution in [0.5, 0.6) is 0 Å². The maximum atomic E-state index is 5.45. The van der Waals surface area contributed by atoms with E-state index in [9.17, 15) is 0 Å². The van der Waals surface area contributed by atoms with Crippen molar-refractivity contribution >= 4 is 11.8 Å². The van der Waals surface area contributed by atoms with Crippen LogP contribution in [0.25, 0.3) is 6.08 Å². The van der Waals surface area contributed by atoms with Gasteiger partial charge in [-0.25, -0.2) is 0 Å². The van der Waals surface area contributed by atoms with Crippen molar-refractivity contribution in [2.45, 2.75) is 20.3 Å². The van der Waals surface area contributed by atoms with Crippen LogP contribution >= 0.6 is 0 Å². The lowest BCUT2D eigenvalue weighted by Crippen LogP contribution is -2.36. The monoisotopic (exact) mass is 257 g/mol. The van der Waals surface area contributed by atoms with Crippen LogP contribution in [-0.4, -0.2) is 26.3 Å². The van der Waals surface area contributed by atoms with E-state index in [2.05, 4.69) is 48.3 Å². The minimum absolute atomic E-state index is 0.828. The molecular formula is C17H23NO. The average molecular weight is 257 g/mol. The number of hydrogen-bond acceptors (Lipinski definition) is 2. The molecule has 1 aromatic rings. The molecule has 0 spiro atoms. The number of rotatable bonds is 4. The summed E-state index contributed by atoms with van der Waals surface area (Å²) in [4.78, 5) is 2.43. The number of benzene rings is 1. The number of ether oxygens (including phenoxy) is 1. The van der Waals surface area contributed by atoms with Crippen LogP contribution < -0.4 is 4.90 Å². The molecule has 0 bridgehead atoms. The highest BCUT2D eigenvalue weighted by Crippen LogP contribution is 2.25. The van der Waals surface area contributed by atoms with Gasteiger partial charge in [-0.05, 0) is 30.5 Å². The second kappa shape index (κ2) is 7.15. The predicted molar refractivity (Wildman–Crippen MR) is 82.7 cm³/mol. The molecule has 0 atom stereocenters. The highest BCUT2D eigenvalue weighted by molar-refractivity contribution is 5.69. The smallest absolute Gasteiger partial charge is 0.0642 e. The lowest BCUT2D eigenvalue weighted by atomic mass is 10.1. The Hall–Kier alpha value is -1.54. The quantitative estimate of drug-likeness (QED) is 0.763. The largest absolute Gasteiger partial charge is 0.378 e. The van der Waals surface area contributed by atoms with Crippen molar-refractivity contribution in [3.8, 4) is 0 Å². The van der Waals surface area contributed by atoms with Crippen LogP contribution in [0.15, 0.2) is 36.4 Å². The van der Waals surface area contributed by atoms with Gasteiger partial charge in [-0.15, -0.1) is 0 Å². The molecule has 1 saturated heterocycles. The Kier molecular flexibility index (Phi) is 5.22. The number of morpholine rings is 1. The van der Waals surface area contributed by atoms with Crippen molar-refractivity contribution in [3.63, 3.8) is 0 Å². The summed E-state index contributed by atoms with van der Waals surface area (Å²) in [5, 5.41) is 0. The molecule has 0 saturated carbocycles. The number of anilines is 1. The van der Waals surface area contributed by atoms with E-state index in [0.717, 1.165) is 32.7 Å². The van der Waals surface area contributed by atoms with Crippen molar-refractivity contribution in [2.24, 2.45) is 0 Å². The van der Waals surface area contributed by atoms with Crippen LogP contribution in [0.3, 0.4) is 0 Å². The molecule has 2 rings (SSSR count). The van der Waals surface area contributed by atoms with Gasteiger partial charge >= 0.3 is 0 Å². The average Bonchev–Trinajstić information content (AvgIpc) is 2.48. The molecule has 1 aliphatic heterocycles. The molecule has 0 unspecified atom stereocenters. The molecule has 1 aromatic carbocycles. The molecular weight excluding hydrogens is 234 g/mol. The Labute approximate surface area is 116 Å². The third-order valence-corrected chi connectivity index (χ3v) is 3.43. The third-order valence-electron chi connectivity index (χ3n) is 3.43. The number of nitrogens with zero attached hydrogens (tertiary/aromatic N) is 1. The standard InChI is InChI=1S/C17H23NO/c1-3-5-6-7-16-9-8-15(4-2)14-17(16)18-10-12-19-13-11-18/h3,5-9,14H,4,10-13H2,1-2H3. The Morgan fingerprint density at radius 3 is 2.68 bits per heavy atom. The summed E-state index contributed by atoms with van der Waals surface area (Å²) in [6.45, 7) is 7.86. The SMILES string of the molecule is CC=CC=Cc1ccc(CC)cc1N1CCOCC1. The molecule has 1 fully saturated rings. The minimum atomic E-state index is 0.828. The molecule has 0 aromatic heterocycles. The normalized spacial score (nSPS) is 16.6. The Morgan fingerprint density at radius 1 is 1.21 bits per heavy atom. The third kappa shape index (κ3) is 3.71. The first-order valence-corrected chi connectivity index (χ1v) is 7.10. The van der Waals surface area contributed by atoms with Gasteiger partial charge in [-0.2, -0.15) is 0 Å². The molecule has 0 amide bonds. The zero-order chi connectivity index (χ0) is 13.5. The van der Waals surface area contributed by atoms with Crippen molar-refractivity contribution in [3.05, 3.63) is 47.6 Å². The van der Waals surface area contributed by atoms with Gasteiger partial charge in [0.2, 0.25) is 0 Å². The number of allylic oxidation sites excluding steroid dienone is 3. The van der Waals surface area contributed by atoms with Crippen molar-refractivity contribution < 1.29 is 4.74 Å². The topological polar surface area (TPSA) is 12.5 Å². The van der Waals surface area contributed by atoms with Gasteiger partial charge in [0.15, 0.2) is 0 Å². The van der Waals surface area contributed by atoms with Gasteiger partial charge < -0.3 is 9.64 Å². The molecule has 0 radical (unpaired) electrons. The van der Waals surface area contributed by atoms with Crippen LogP contribution in [0.1, 0.15) is 25.0 Å². The first-order chi connectivity index (χ1) is 9.35. The summed E-state index contributed by atoms with van der Waals surface area (Å²) in [5.74, 6) is 0. The van der Waals surface area contributed by atoms with Gasteiger partial charge in [-0.3, -0.25) is 0 Å². The molecule has 19 heavy (non-hydrogen) atoms. The first-order valence-electron chi connectivity index (χ1n) is 7.10. The van der Waals surface area contributed by atoms with E-state index in [1.807, 2.05) is 13.0 Å². The molecule has 0 aliphatic carbocycles. The van der Waals surface area contributed by atoms with E-state index in [0.29, 0.717) is 0 Å². The van der Waals surface area contributed by atoms with E-state index in [1.54, 1.807) is 0 Å². The Bertz CT molecular complexity index is 456. The summed E-state index contributed by atoms with van der Waals surface area (Å²) in [7, 11) is 0. The second-order valence-electron chi connectivity index (χ2n) is 4.73. The molecule has 2 heteroatoms. The number of aryl methyl sites for hydroxylation is 1. The second-order valence-corrected chi connectivity index (χ2v) is 4.73. The fourth-order valence-corrected chi connectivity index (χ4v) is 2.30. The summed E-state index contributed by atoms with van der Waals surface area (Å²) in [5.41, 5.74) is 4.02. The maximum Gasteiger partial charge on any atom is 0.0642 e. The Balaban J connectivity index is 2.29. The van der Waals surface area contributed by atoms with E-state index in [-0.39, 0.29) is 0 Å². The maximum absolute atomic E-state index is 5.45. The lowest BCUT2D eigenvalue weighted by Gasteiger charge is -2.30. The lowest BCUT2D eigenvalue weighted by molar-refractivity contribution is 0.122. The summed E-state index contributed by atoms with van der Waals surface area (Å²) < 4.78 is 5.45. The van der Waals surface area contributed by atoms with E-state index in [1.165, 1.54) is 16.8 Å². The van der Waals surface area contributed by atoms with Crippen molar-refractivity contribution in [1.82, 2.24) is 0 Å². The van der Waals surface area contributed by atoms with Gasteiger partial charge in [0.05, 0.1) is 13.2 Å². The van der Waals surface area contributed by atoms with Gasteiger partial charge in [0.1, 0.15) is 0 Å². The van der Waals surface area contributed by atoms with Crippen molar-refractivity contribution in [2.75, 3.05) is 31.2 Å². The van der Waals surface area contributed by atoms with Gasteiger partial charge in [0, 0.05) is 18.8 Å². The summed E-state index contributed by atoms with van der Waals surface area (Å²) >= 11 is 0. The fourth-order valence-electron chi connectivity index (χ4n) is 2.30. The van der Waals surface area contributed by atoms with E-state index in [4.69, 9.17) is 4.74 Å². The fraction of sp³-hybridized carbons (Fsp3) is 0.412. The number of hydrogen-bond donors (Lipinski definition) is 0. The zero-order valence-corrected chi connectivity index (χ0v) is 11.9. The highest BCUT2D eigenvalue weighted by atomic mass is 16.5. The summed E-state index contributed by atoms with van der Waals surface area (Å²) in [6.07, 6.45) is 9.48. The van der Waals surface area contributed by atoms with Crippen LogP contribution in [-0.2, 0) is 11.2 Å². The predicted octanol–water partition coefficient (Wildman–Crippen LogP) is 3.67. The van der Waals surface area contributed by atoms with Crippen LogP contribution in [0.4, 0.5) is 5.69 Å². The highest BCUT2D eigenvalue weighted by Gasteiger charge is 2.14. The molecule has 1 aliphatic rings. The van der Waals surface area contributed by atoms with Gasteiger partial charge in [0.25, 0.3) is 0 Å². The first kappa shape index (κ1) is 13.9. The van der Waals surface area contributed by atoms with Crippen molar-refractivity contribution in [1.29, 1.82) is 0 Å². The van der Waals surface area contributed by atoms with E-state index < -0.39 is 0 Å². The van der Waals surface area contributed by atoms with Gasteiger partial charge in [-0.1, -0.05) is 43.4 Å². The minimum Gasteiger partial charge on any atom is -0.378 e. The zero-order valence-electron chi connectivity index (χ0n) is 11.9. The van der Waals surface area contributed by atoms with E-state index >= 15 is 0 Å². The molecule has 2 nitrogen and oxygen atoms in total. The summed E-state index contributed by atoms with van der Waals surface area (Å²) in [6, 6.07) is 6.77. The molecule has 102 valence electrons. The molecule has 1 heterocycles. The van der Waals surface area contributed by atoms with Crippen LogP contribution in [0.2, 0.25) is 0 Å². The Morgan fingerprint density at radius 2 is 2.00 bits per heavy atom. The van der Waals surface area contributed by atoms with Crippen LogP contribution in [0, 0.1) is 0 Å². The molecule has 0 N–H and O–H groups in total.